The van der Waals surface area contributed by atoms with Crippen LogP contribution < -0.4 is 15.3 Å². The number of hydrogen-bond donors (Lipinski definition) is 1. The van der Waals surface area contributed by atoms with Crippen LogP contribution in [0.5, 0.6) is 11.5 Å². The van der Waals surface area contributed by atoms with Crippen molar-refractivity contribution in [3.8, 4) is 22.6 Å². The molecule has 6 nitrogen and oxygen atoms in total. The highest BCUT2D eigenvalue weighted by molar-refractivity contribution is 6.30. The van der Waals surface area contributed by atoms with E-state index in [4.69, 9.17) is 20.8 Å². The second kappa shape index (κ2) is 9.64. The summed E-state index contributed by atoms with van der Waals surface area (Å²) < 4.78 is 11.1. The van der Waals surface area contributed by atoms with Gasteiger partial charge in [0.1, 0.15) is 17.1 Å². The van der Waals surface area contributed by atoms with Crippen molar-refractivity contribution in [2.24, 2.45) is 0 Å². The molecule has 0 spiro atoms. The summed E-state index contributed by atoms with van der Waals surface area (Å²) >= 11 is 6.02. The summed E-state index contributed by atoms with van der Waals surface area (Å²) in [6.07, 6.45) is 0. The van der Waals surface area contributed by atoms with E-state index in [-0.39, 0.29) is 5.75 Å². The standard InChI is InChI=1S/C28H27ClN2O4/c1-18-23-11-12-25(32)24(27(23)35-28(33)26(18)19-3-5-20(29)6-4-19)17-30-13-15-31(16-14-30)21-7-9-22(34-2)10-8-21/h3-12,32H,13-17H2,1-2H3. The van der Waals surface area contributed by atoms with Crippen molar-refractivity contribution in [2.45, 2.75) is 13.5 Å². The minimum absolute atomic E-state index is 0.136. The first-order valence-corrected chi connectivity index (χ1v) is 12.0. The number of hydrogen-bond acceptors (Lipinski definition) is 6. The number of aryl methyl sites for hydroxylation is 1. The molecule has 1 saturated heterocycles. The van der Waals surface area contributed by atoms with E-state index in [1.54, 1.807) is 25.3 Å². The van der Waals surface area contributed by atoms with Gasteiger partial charge < -0.3 is 19.2 Å². The van der Waals surface area contributed by atoms with Crippen LogP contribution in [-0.4, -0.2) is 43.3 Å². The van der Waals surface area contributed by atoms with Gasteiger partial charge in [0, 0.05) is 48.8 Å². The molecule has 0 bridgehead atoms. The largest absolute Gasteiger partial charge is 0.507 e. The Morgan fingerprint density at radius 3 is 2.31 bits per heavy atom. The molecule has 1 fully saturated rings. The third-order valence-corrected chi connectivity index (χ3v) is 6.99. The Labute approximate surface area is 208 Å². The molecule has 0 aliphatic carbocycles. The Kier molecular flexibility index (Phi) is 6.41. The van der Waals surface area contributed by atoms with E-state index in [1.165, 1.54) is 0 Å². The lowest BCUT2D eigenvalue weighted by Crippen LogP contribution is -2.46. The number of anilines is 1. The van der Waals surface area contributed by atoms with Crippen molar-refractivity contribution >= 4 is 28.3 Å². The zero-order valence-electron chi connectivity index (χ0n) is 19.8. The van der Waals surface area contributed by atoms with Crippen LogP contribution >= 0.6 is 11.6 Å². The molecule has 0 unspecified atom stereocenters. The summed E-state index contributed by atoms with van der Waals surface area (Å²) in [4.78, 5) is 17.6. The molecule has 35 heavy (non-hydrogen) atoms. The highest BCUT2D eigenvalue weighted by Gasteiger charge is 2.22. The molecule has 1 aromatic heterocycles. The minimum atomic E-state index is -0.423. The van der Waals surface area contributed by atoms with Crippen LogP contribution in [0.4, 0.5) is 5.69 Å². The highest BCUT2D eigenvalue weighted by Crippen LogP contribution is 2.34. The number of methoxy groups -OCH3 is 1. The molecule has 0 atom stereocenters. The molecule has 2 heterocycles. The van der Waals surface area contributed by atoms with E-state index in [0.717, 1.165) is 54.1 Å². The molecule has 0 amide bonds. The van der Waals surface area contributed by atoms with Gasteiger partial charge in [0.2, 0.25) is 0 Å². The van der Waals surface area contributed by atoms with Gasteiger partial charge in [-0.3, -0.25) is 4.90 Å². The third kappa shape index (κ3) is 4.59. The maximum atomic E-state index is 13.0. The second-order valence-electron chi connectivity index (χ2n) is 8.80. The van der Waals surface area contributed by atoms with Gasteiger partial charge in [-0.15, -0.1) is 0 Å². The van der Waals surface area contributed by atoms with Gasteiger partial charge in [0.15, 0.2) is 0 Å². The Morgan fingerprint density at radius 1 is 0.971 bits per heavy atom. The van der Waals surface area contributed by atoms with Crippen LogP contribution in [0.3, 0.4) is 0 Å². The number of fused-ring (bicyclic) bond motifs is 1. The number of phenolic OH excluding ortho intramolecular Hbond substituents is 1. The molecule has 4 aromatic rings. The predicted molar refractivity (Wildman–Crippen MR) is 140 cm³/mol. The number of benzene rings is 3. The Morgan fingerprint density at radius 2 is 1.66 bits per heavy atom. The smallest absolute Gasteiger partial charge is 0.344 e. The molecular weight excluding hydrogens is 464 g/mol. The first kappa shape index (κ1) is 23.3. The lowest BCUT2D eigenvalue weighted by Gasteiger charge is -2.36. The molecule has 180 valence electrons. The number of halogens is 1. The van der Waals surface area contributed by atoms with Crippen molar-refractivity contribution in [1.29, 1.82) is 0 Å². The number of ether oxygens (including phenoxy) is 1. The monoisotopic (exact) mass is 490 g/mol. The summed E-state index contributed by atoms with van der Waals surface area (Å²) in [6, 6.07) is 18.7. The lowest BCUT2D eigenvalue weighted by molar-refractivity contribution is 0.246. The fraction of sp³-hybridized carbons (Fsp3) is 0.250. The lowest BCUT2D eigenvalue weighted by atomic mass is 9.98. The van der Waals surface area contributed by atoms with Gasteiger partial charge >= 0.3 is 5.63 Å². The zero-order chi connectivity index (χ0) is 24.5. The van der Waals surface area contributed by atoms with Crippen molar-refractivity contribution in [2.75, 3.05) is 38.2 Å². The number of phenols is 1. The molecule has 3 aromatic carbocycles. The first-order chi connectivity index (χ1) is 16.9. The van der Waals surface area contributed by atoms with Crippen LogP contribution in [0.15, 0.2) is 69.9 Å². The molecule has 7 heteroatoms. The topological polar surface area (TPSA) is 66.2 Å². The fourth-order valence-electron chi connectivity index (χ4n) is 4.75. The van der Waals surface area contributed by atoms with Gasteiger partial charge in [0.25, 0.3) is 0 Å². The maximum absolute atomic E-state index is 13.0. The summed E-state index contributed by atoms with van der Waals surface area (Å²) in [5, 5.41) is 12.1. The van der Waals surface area contributed by atoms with E-state index in [1.807, 2.05) is 37.3 Å². The molecule has 1 aliphatic rings. The molecule has 0 saturated carbocycles. The molecule has 0 radical (unpaired) electrons. The fourth-order valence-corrected chi connectivity index (χ4v) is 4.87. The van der Waals surface area contributed by atoms with E-state index in [2.05, 4.69) is 21.9 Å². The molecular formula is C28H27ClN2O4. The zero-order valence-corrected chi connectivity index (χ0v) is 20.5. The Bertz CT molecular complexity index is 1410. The van der Waals surface area contributed by atoms with Crippen LogP contribution in [0, 0.1) is 6.92 Å². The van der Waals surface area contributed by atoms with Crippen LogP contribution in [0.1, 0.15) is 11.1 Å². The molecule has 1 N–H and O–H groups in total. The van der Waals surface area contributed by atoms with E-state index < -0.39 is 5.63 Å². The van der Waals surface area contributed by atoms with Gasteiger partial charge in [0.05, 0.1) is 18.2 Å². The van der Waals surface area contributed by atoms with Crippen molar-refractivity contribution in [1.82, 2.24) is 4.90 Å². The highest BCUT2D eigenvalue weighted by atomic mass is 35.5. The predicted octanol–water partition coefficient (Wildman–Crippen LogP) is 5.46. The van der Waals surface area contributed by atoms with Gasteiger partial charge in [-0.05, 0) is 66.6 Å². The van der Waals surface area contributed by atoms with E-state index >= 15 is 0 Å². The number of aromatic hydroxyl groups is 1. The van der Waals surface area contributed by atoms with Gasteiger partial charge in [-0.2, -0.15) is 0 Å². The first-order valence-electron chi connectivity index (χ1n) is 11.6. The van der Waals surface area contributed by atoms with Crippen molar-refractivity contribution in [3.63, 3.8) is 0 Å². The summed E-state index contributed by atoms with van der Waals surface area (Å²) in [6.45, 7) is 5.80. The normalized spacial score (nSPS) is 14.4. The van der Waals surface area contributed by atoms with Crippen LogP contribution in [0.25, 0.3) is 22.1 Å². The van der Waals surface area contributed by atoms with Crippen LogP contribution in [0.2, 0.25) is 5.02 Å². The number of piperazine rings is 1. The Hall–Kier alpha value is -3.48. The average molecular weight is 491 g/mol. The second-order valence-corrected chi connectivity index (χ2v) is 9.23. The number of nitrogens with zero attached hydrogens (tertiary/aromatic N) is 2. The van der Waals surface area contributed by atoms with Crippen molar-refractivity contribution in [3.05, 3.63) is 87.2 Å². The minimum Gasteiger partial charge on any atom is -0.507 e. The number of rotatable bonds is 5. The summed E-state index contributed by atoms with van der Waals surface area (Å²) in [7, 11) is 1.67. The third-order valence-electron chi connectivity index (χ3n) is 6.74. The summed E-state index contributed by atoms with van der Waals surface area (Å²) in [5.74, 6) is 0.978. The van der Waals surface area contributed by atoms with Gasteiger partial charge in [-0.1, -0.05) is 23.7 Å². The van der Waals surface area contributed by atoms with Crippen molar-refractivity contribution < 1.29 is 14.3 Å². The maximum Gasteiger partial charge on any atom is 0.344 e. The van der Waals surface area contributed by atoms with E-state index in [0.29, 0.717) is 28.3 Å². The summed E-state index contributed by atoms with van der Waals surface area (Å²) in [5.41, 5.74) is 3.92. The van der Waals surface area contributed by atoms with E-state index in [9.17, 15) is 9.90 Å². The van der Waals surface area contributed by atoms with Gasteiger partial charge in [-0.25, -0.2) is 4.79 Å². The quantitative estimate of drug-likeness (QED) is 0.375. The average Bonchev–Trinajstić information content (AvgIpc) is 2.87. The molecule has 1 aliphatic heterocycles. The molecule has 5 rings (SSSR count). The Balaban J connectivity index is 1.40. The SMILES string of the molecule is COc1ccc(N2CCN(Cc3c(O)ccc4c(C)c(-c5ccc(Cl)cc5)c(=O)oc34)CC2)cc1. The van der Waals surface area contributed by atoms with Crippen LogP contribution in [-0.2, 0) is 6.54 Å².